The van der Waals surface area contributed by atoms with Crippen LogP contribution >= 0.6 is 0 Å². The molecule has 41 heteroatoms. The maximum atomic E-state index is 14.5. The number of amides is 17. The number of benzene rings is 2. The van der Waals surface area contributed by atoms with Gasteiger partial charge in [0.15, 0.2) is 0 Å². The van der Waals surface area contributed by atoms with E-state index in [-0.39, 0.29) is 80.9 Å². The van der Waals surface area contributed by atoms with Gasteiger partial charge in [0.05, 0.1) is 45.1 Å². The monoisotopic (exact) mass is 1650 g/mol. The lowest BCUT2D eigenvalue weighted by Gasteiger charge is -2.28. The van der Waals surface area contributed by atoms with Gasteiger partial charge in [-0.1, -0.05) is 85.7 Å². The Morgan fingerprint density at radius 2 is 1.00 bits per heavy atom. The van der Waals surface area contributed by atoms with Crippen LogP contribution in [0, 0.1) is 23.7 Å². The number of nitrogens with two attached hydrogens (primary N) is 3. The SMILES string of the molecule is CC(C)C[C@H](NC(=O)[C@H](CC(C)C)NC(=O)[C@H](Cc1ccc(O)cc1)NC(=O)CNC(=O)[C@H](C)NC(=O)[C@H](CO)NC(=O)[C@H](CC(N)=O)NC(=O)[C@H](CC(C)C)NC(=O)[C@@H](NC(=O)[C@H](Cc1c[nH]c2ccccc12)NC(=O)CN)[C@@H](C)O)C(=O)NCC(=O)N1CCC[C@H]1C(=O)N[C@@H](Cc1cnc[nH]1)C(=O)N[C@@H](C)C(=O)N[C@H](C(N)=O)C(C)C. The van der Waals surface area contributed by atoms with Gasteiger partial charge in [-0.05, 0) is 106 Å². The molecule has 3 heterocycles. The normalized spacial score (nSPS) is 15.9. The Morgan fingerprint density at radius 1 is 0.508 bits per heavy atom. The second-order valence-corrected chi connectivity index (χ2v) is 30.8. The Morgan fingerprint density at radius 3 is 1.55 bits per heavy atom. The number of hydrogen-bond acceptors (Lipinski definition) is 22. The van der Waals surface area contributed by atoms with E-state index in [1.54, 1.807) is 85.9 Å². The number of para-hydroxylation sites is 1. The average molecular weight is 1650 g/mol. The lowest BCUT2D eigenvalue weighted by Crippen LogP contribution is -2.62. The number of H-pyrrole nitrogens is 2. The molecule has 2 aromatic carbocycles. The van der Waals surface area contributed by atoms with Crippen molar-refractivity contribution in [3.8, 4) is 5.75 Å². The Labute approximate surface area is 681 Å². The van der Waals surface area contributed by atoms with Crippen LogP contribution in [0.4, 0.5) is 0 Å². The average Bonchev–Trinajstić information content (AvgIpc) is 1.66. The molecule has 648 valence electrons. The topological polar surface area (TPSA) is 645 Å². The molecule has 0 radical (unpaired) electrons. The van der Waals surface area contributed by atoms with Crippen LogP contribution in [-0.4, -0.2) is 253 Å². The zero-order valence-corrected chi connectivity index (χ0v) is 68.1. The molecule has 0 bridgehead atoms. The maximum absolute atomic E-state index is 14.5. The van der Waals surface area contributed by atoms with E-state index in [0.29, 0.717) is 23.2 Å². The number of primary amides is 2. The number of nitrogens with one attached hydrogen (secondary N) is 16. The van der Waals surface area contributed by atoms with Gasteiger partial charge in [0.25, 0.3) is 0 Å². The highest BCUT2D eigenvalue weighted by Crippen LogP contribution is 2.22. The molecule has 1 fully saturated rings. The fourth-order valence-electron chi connectivity index (χ4n) is 12.8. The number of aliphatic hydroxyl groups is 2. The first kappa shape index (κ1) is 96.4. The molecule has 25 N–H and O–H groups in total. The molecule has 0 aliphatic carbocycles. The lowest BCUT2D eigenvalue weighted by molar-refractivity contribution is -0.140. The van der Waals surface area contributed by atoms with Crippen LogP contribution < -0.4 is 91.6 Å². The van der Waals surface area contributed by atoms with Crippen LogP contribution in [0.2, 0.25) is 0 Å². The number of aromatic nitrogens is 3. The molecule has 118 heavy (non-hydrogen) atoms. The largest absolute Gasteiger partial charge is 0.508 e. The van der Waals surface area contributed by atoms with Crippen LogP contribution in [0.25, 0.3) is 10.9 Å². The number of aromatic amines is 2. The van der Waals surface area contributed by atoms with Crippen molar-refractivity contribution in [2.24, 2.45) is 40.9 Å². The molecule has 41 nitrogen and oxygen atoms in total. The number of imidazole rings is 1. The zero-order valence-electron chi connectivity index (χ0n) is 68.1. The standard InChI is InChI=1S/C77H115N21O20/c1-37(2)23-50(68(109)84-34-62(105)98-22-14-17-58(98)76(117)93-55(28-46-32-81-36-85-46)69(110)87-42(10)67(108)96-63(40(7)8)65(80)106)90-70(111)51(24-38(3)4)91-72(113)53(26-44-18-20-47(101)21-19-44)89-61(104)33-83-66(107)41(9)86-75(116)57(35-99)95-73(114)56(29-59(79)102)92-71(112)52(25-39(5)6)94-77(118)64(43(11)100)97-74(115)54(88-60(103)30-78)27-45-31-82-49-16-13-12-15-48(45)49/h12-13,15-16,18-21,31-32,36-43,50-58,63-64,82,99-101H,14,17,22-30,33-35,78H2,1-11H3,(H2,79,102)(H2,80,106)(H,81,85)(H,83,107)(H,84,109)(H,86,116)(H,87,110)(H,88,103)(H,89,104)(H,90,111)(H,91,113)(H,92,112)(H,93,117)(H,94,118)(H,95,114)(H,96,108)(H,97,115)/t41-,42-,43+,50-,51-,52-,53-,54-,55-,56-,57-,58-,63-,64-/m0/s1. The molecule has 0 saturated carbocycles. The molecule has 1 aliphatic rings. The van der Waals surface area contributed by atoms with E-state index < -0.39 is 218 Å². The fraction of sp³-hybridized carbons (Fsp3) is 0.558. The van der Waals surface area contributed by atoms with Crippen LogP contribution in [0.3, 0.4) is 0 Å². The fourth-order valence-corrected chi connectivity index (χ4v) is 12.8. The maximum Gasteiger partial charge on any atom is 0.245 e. The van der Waals surface area contributed by atoms with Crippen molar-refractivity contribution in [3.05, 3.63) is 84.1 Å². The predicted molar refractivity (Wildman–Crippen MR) is 425 cm³/mol. The van der Waals surface area contributed by atoms with E-state index in [0.717, 1.165) is 10.9 Å². The summed E-state index contributed by atoms with van der Waals surface area (Å²) in [6, 6.07) is -5.98. The first-order valence-corrected chi connectivity index (χ1v) is 38.9. The van der Waals surface area contributed by atoms with Crippen molar-refractivity contribution >= 4 is 111 Å². The van der Waals surface area contributed by atoms with Crippen molar-refractivity contribution in [2.75, 3.05) is 32.8 Å². The zero-order chi connectivity index (χ0) is 87.9. The number of aliphatic hydroxyl groups excluding tert-OH is 2. The molecule has 0 unspecified atom stereocenters. The number of fused-ring (bicyclic) bond motifs is 1. The molecule has 14 atom stereocenters. The lowest BCUT2D eigenvalue weighted by atomic mass is 9.99. The smallest absolute Gasteiger partial charge is 0.245 e. The highest BCUT2D eigenvalue weighted by atomic mass is 16.3. The Bertz CT molecular complexity index is 4170. The van der Waals surface area contributed by atoms with Crippen LogP contribution in [0.5, 0.6) is 5.75 Å². The molecule has 4 aromatic rings. The van der Waals surface area contributed by atoms with Crippen molar-refractivity contribution in [1.82, 2.24) is 94.3 Å². The van der Waals surface area contributed by atoms with Crippen LogP contribution in [0.15, 0.2) is 67.3 Å². The van der Waals surface area contributed by atoms with Gasteiger partial charge in [-0.15, -0.1) is 0 Å². The summed E-state index contributed by atoms with van der Waals surface area (Å²) in [5, 5.41) is 66.7. The van der Waals surface area contributed by atoms with E-state index in [9.17, 15) is 96.8 Å². The Kier molecular flexibility index (Phi) is 38.1. The van der Waals surface area contributed by atoms with Crippen molar-refractivity contribution in [3.63, 3.8) is 0 Å². The highest BCUT2D eigenvalue weighted by Gasteiger charge is 2.40. The van der Waals surface area contributed by atoms with Gasteiger partial charge in [-0.2, -0.15) is 0 Å². The third kappa shape index (κ3) is 30.8. The predicted octanol–water partition coefficient (Wildman–Crippen LogP) is -5.81. The summed E-state index contributed by atoms with van der Waals surface area (Å²) in [6.07, 6.45) is 1.89. The molecular weight excluding hydrogens is 1540 g/mol. The number of carbonyl (C=O) groups excluding carboxylic acids is 17. The number of phenols is 1. The minimum atomic E-state index is -1.89. The van der Waals surface area contributed by atoms with Gasteiger partial charge >= 0.3 is 0 Å². The summed E-state index contributed by atoms with van der Waals surface area (Å²) >= 11 is 0. The molecular formula is C77H115N21O20. The Balaban J connectivity index is 1.20. The molecule has 5 rings (SSSR count). The number of rotatable bonds is 47. The minimum Gasteiger partial charge on any atom is -0.508 e. The second kappa shape index (κ2) is 46.6. The van der Waals surface area contributed by atoms with E-state index in [1.807, 2.05) is 0 Å². The number of aromatic hydroxyl groups is 1. The van der Waals surface area contributed by atoms with Gasteiger partial charge in [-0.3, -0.25) is 81.5 Å². The number of carbonyl (C=O) groups is 17. The van der Waals surface area contributed by atoms with E-state index in [1.165, 1.54) is 62.5 Å². The van der Waals surface area contributed by atoms with Gasteiger partial charge in [-0.25, -0.2) is 4.98 Å². The third-order valence-electron chi connectivity index (χ3n) is 19.0. The van der Waals surface area contributed by atoms with Crippen molar-refractivity contribution in [2.45, 2.75) is 219 Å². The number of nitrogens with zero attached hydrogens (tertiary/aromatic N) is 2. The summed E-state index contributed by atoms with van der Waals surface area (Å²) in [5.41, 5.74) is 18.7. The van der Waals surface area contributed by atoms with E-state index >= 15 is 0 Å². The molecule has 2 aromatic heterocycles. The molecule has 1 aliphatic heterocycles. The molecule has 0 spiro atoms. The van der Waals surface area contributed by atoms with Crippen LogP contribution in [0.1, 0.15) is 132 Å². The number of phenolic OH excluding ortho intramolecular Hbond substituents is 1. The van der Waals surface area contributed by atoms with E-state index in [4.69, 9.17) is 17.2 Å². The number of likely N-dealkylation sites (tertiary alicyclic amines) is 1. The van der Waals surface area contributed by atoms with Gasteiger partial charge in [0.1, 0.15) is 84.3 Å². The summed E-state index contributed by atoms with van der Waals surface area (Å²) in [5.74, 6) is -16.9. The van der Waals surface area contributed by atoms with Gasteiger partial charge < -0.3 is 122 Å². The quantitative estimate of drug-likeness (QED) is 0.0196. The highest BCUT2D eigenvalue weighted by molar-refractivity contribution is 6.01. The summed E-state index contributed by atoms with van der Waals surface area (Å²) in [7, 11) is 0. The first-order valence-electron chi connectivity index (χ1n) is 38.9. The van der Waals surface area contributed by atoms with Gasteiger partial charge in [0, 0.05) is 54.8 Å². The van der Waals surface area contributed by atoms with Crippen LogP contribution in [-0.2, 0) is 101 Å². The minimum absolute atomic E-state index is 0.0152. The molecule has 17 amide bonds. The second-order valence-electron chi connectivity index (χ2n) is 30.8. The third-order valence-corrected chi connectivity index (χ3v) is 19.0. The van der Waals surface area contributed by atoms with Gasteiger partial charge in [0.2, 0.25) is 100 Å². The van der Waals surface area contributed by atoms with Crippen molar-refractivity contribution in [1.29, 1.82) is 0 Å². The Hall–Kier alpha value is -12.1. The molecule has 1 saturated heterocycles. The summed E-state index contributed by atoms with van der Waals surface area (Å²) in [4.78, 5) is 243. The summed E-state index contributed by atoms with van der Waals surface area (Å²) < 4.78 is 0. The van der Waals surface area contributed by atoms with E-state index in [2.05, 4.69) is 89.4 Å². The van der Waals surface area contributed by atoms with Crippen molar-refractivity contribution < 1.29 is 96.8 Å². The number of hydrogen-bond donors (Lipinski definition) is 22. The summed E-state index contributed by atoms with van der Waals surface area (Å²) in [6.45, 7) is 14.5. The first-order chi connectivity index (χ1) is 55.6.